The molecule has 0 aliphatic rings. The maximum Gasteiger partial charge on any atom is 0.305 e. The fraction of sp³-hybridized carbons (Fsp3) is 0.700. The van der Waals surface area contributed by atoms with Gasteiger partial charge in [-0.3, -0.25) is 14.4 Å². The van der Waals surface area contributed by atoms with Crippen molar-refractivity contribution in [3.63, 3.8) is 0 Å². The van der Waals surface area contributed by atoms with Crippen LogP contribution >= 0.6 is 0 Å². The highest BCUT2D eigenvalue weighted by Crippen LogP contribution is 1.90. The summed E-state index contributed by atoms with van der Waals surface area (Å²) in [7, 11) is 0. The van der Waals surface area contributed by atoms with Gasteiger partial charge < -0.3 is 15.7 Å². The van der Waals surface area contributed by atoms with Gasteiger partial charge in [-0.1, -0.05) is 6.92 Å². The van der Waals surface area contributed by atoms with E-state index in [9.17, 15) is 14.4 Å². The average molecular weight is 230 g/mol. The van der Waals surface area contributed by atoms with Gasteiger partial charge in [0.25, 0.3) is 0 Å². The predicted octanol–water partition coefficient (Wildman–Crippen LogP) is -0.118. The molecule has 16 heavy (non-hydrogen) atoms. The van der Waals surface area contributed by atoms with Gasteiger partial charge in [-0.2, -0.15) is 0 Å². The standard InChI is InChI=1S/C10H18N2O4/c1-3-4-8(13)11-6-9(14)12-7(2)5-10(15)16/h7H,3-6H2,1-2H3,(H,11,13)(H,12,14)(H,15,16). The molecule has 0 aromatic rings. The van der Waals surface area contributed by atoms with Crippen LogP contribution in [0.2, 0.25) is 0 Å². The van der Waals surface area contributed by atoms with Crippen LogP contribution in [0.4, 0.5) is 0 Å². The Kier molecular flexibility index (Phi) is 6.91. The molecule has 0 rings (SSSR count). The molecule has 0 heterocycles. The van der Waals surface area contributed by atoms with Crippen molar-refractivity contribution >= 4 is 17.8 Å². The van der Waals surface area contributed by atoms with Crippen LogP contribution in [-0.4, -0.2) is 35.5 Å². The lowest BCUT2D eigenvalue weighted by atomic mass is 10.2. The molecule has 0 aliphatic heterocycles. The molecule has 92 valence electrons. The molecule has 2 amide bonds. The number of aliphatic carboxylic acids is 1. The van der Waals surface area contributed by atoms with Crippen LogP contribution in [0.1, 0.15) is 33.1 Å². The summed E-state index contributed by atoms with van der Waals surface area (Å²) in [5.41, 5.74) is 0. The normalized spacial score (nSPS) is 11.6. The number of hydrogen-bond acceptors (Lipinski definition) is 3. The Morgan fingerprint density at radius 1 is 1.25 bits per heavy atom. The molecule has 0 saturated carbocycles. The predicted molar refractivity (Wildman–Crippen MR) is 57.8 cm³/mol. The number of amides is 2. The molecule has 0 bridgehead atoms. The van der Waals surface area contributed by atoms with E-state index >= 15 is 0 Å². The Hall–Kier alpha value is -1.59. The first kappa shape index (κ1) is 14.4. The summed E-state index contributed by atoms with van der Waals surface area (Å²) in [6.07, 6.45) is 0.982. The first-order valence-corrected chi connectivity index (χ1v) is 5.23. The Bertz CT molecular complexity index is 266. The number of carboxylic acid groups (broad SMARTS) is 1. The largest absolute Gasteiger partial charge is 0.481 e. The van der Waals surface area contributed by atoms with Crippen LogP contribution < -0.4 is 10.6 Å². The van der Waals surface area contributed by atoms with Crippen molar-refractivity contribution in [1.82, 2.24) is 10.6 Å². The molecule has 0 spiro atoms. The van der Waals surface area contributed by atoms with Crippen LogP contribution in [-0.2, 0) is 14.4 Å². The van der Waals surface area contributed by atoms with Crippen molar-refractivity contribution in [2.75, 3.05) is 6.54 Å². The van der Waals surface area contributed by atoms with Crippen molar-refractivity contribution in [1.29, 1.82) is 0 Å². The molecule has 6 heteroatoms. The SMILES string of the molecule is CCCC(=O)NCC(=O)NC(C)CC(=O)O. The van der Waals surface area contributed by atoms with Gasteiger partial charge in [-0.05, 0) is 13.3 Å². The molecule has 6 nitrogen and oxygen atoms in total. The Balaban J connectivity index is 3.73. The van der Waals surface area contributed by atoms with E-state index in [2.05, 4.69) is 10.6 Å². The number of nitrogens with one attached hydrogen (secondary N) is 2. The van der Waals surface area contributed by atoms with E-state index in [0.29, 0.717) is 6.42 Å². The lowest BCUT2D eigenvalue weighted by molar-refractivity contribution is -0.137. The van der Waals surface area contributed by atoms with Gasteiger partial charge in [0.1, 0.15) is 0 Å². The van der Waals surface area contributed by atoms with E-state index in [0.717, 1.165) is 6.42 Å². The molecule has 0 radical (unpaired) electrons. The highest BCUT2D eigenvalue weighted by Gasteiger charge is 2.11. The third-order valence-electron chi connectivity index (χ3n) is 1.81. The monoisotopic (exact) mass is 230 g/mol. The first-order valence-electron chi connectivity index (χ1n) is 5.23. The van der Waals surface area contributed by atoms with Gasteiger partial charge in [0.15, 0.2) is 0 Å². The number of carbonyl (C=O) groups excluding carboxylic acids is 2. The van der Waals surface area contributed by atoms with E-state index in [-0.39, 0.29) is 24.8 Å². The molecule has 1 unspecified atom stereocenters. The highest BCUT2D eigenvalue weighted by atomic mass is 16.4. The van der Waals surface area contributed by atoms with Crippen molar-refractivity contribution in [3.8, 4) is 0 Å². The maximum atomic E-state index is 11.2. The minimum atomic E-state index is -0.970. The first-order chi connectivity index (χ1) is 7.45. The Morgan fingerprint density at radius 2 is 1.88 bits per heavy atom. The van der Waals surface area contributed by atoms with Crippen molar-refractivity contribution < 1.29 is 19.5 Å². The van der Waals surface area contributed by atoms with Crippen LogP contribution in [0, 0.1) is 0 Å². The zero-order valence-corrected chi connectivity index (χ0v) is 9.58. The van der Waals surface area contributed by atoms with Crippen molar-refractivity contribution in [2.45, 2.75) is 39.2 Å². The summed E-state index contributed by atoms with van der Waals surface area (Å²) in [4.78, 5) is 32.6. The number of carbonyl (C=O) groups is 3. The Labute approximate surface area is 94.4 Å². The van der Waals surface area contributed by atoms with Gasteiger partial charge in [0.05, 0.1) is 13.0 Å². The minimum Gasteiger partial charge on any atom is -0.481 e. The summed E-state index contributed by atoms with van der Waals surface area (Å²) < 4.78 is 0. The molecule has 0 aromatic carbocycles. The molecular weight excluding hydrogens is 212 g/mol. The lowest BCUT2D eigenvalue weighted by Gasteiger charge is -2.11. The van der Waals surface area contributed by atoms with Crippen molar-refractivity contribution in [2.24, 2.45) is 0 Å². The van der Waals surface area contributed by atoms with E-state index in [1.54, 1.807) is 6.92 Å². The summed E-state index contributed by atoms with van der Waals surface area (Å²) in [5.74, 6) is -1.52. The lowest BCUT2D eigenvalue weighted by Crippen LogP contribution is -2.41. The number of carboxylic acids is 1. The van der Waals surface area contributed by atoms with Crippen LogP contribution in [0.25, 0.3) is 0 Å². The summed E-state index contributed by atoms with van der Waals surface area (Å²) >= 11 is 0. The van der Waals surface area contributed by atoms with E-state index < -0.39 is 12.0 Å². The molecule has 1 atom stereocenters. The van der Waals surface area contributed by atoms with E-state index in [4.69, 9.17) is 5.11 Å². The third kappa shape index (κ3) is 7.78. The van der Waals surface area contributed by atoms with Gasteiger partial charge in [-0.15, -0.1) is 0 Å². The van der Waals surface area contributed by atoms with Crippen LogP contribution in [0.15, 0.2) is 0 Å². The molecule has 3 N–H and O–H groups in total. The van der Waals surface area contributed by atoms with Gasteiger partial charge in [0.2, 0.25) is 11.8 Å². The van der Waals surface area contributed by atoms with E-state index in [1.807, 2.05) is 6.92 Å². The smallest absolute Gasteiger partial charge is 0.305 e. The zero-order chi connectivity index (χ0) is 12.6. The summed E-state index contributed by atoms with van der Waals surface area (Å²) in [5, 5.41) is 13.4. The highest BCUT2D eigenvalue weighted by molar-refractivity contribution is 5.85. The van der Waals surface area contributed by atoms with Crippen LogP contribution in [0.5, 0.6) is 0 Å². The summed E-state index contributed by atoms with van der Waals surface area (Å²) in [6, 6.07) is -0.437. The number of rotatable bonds is 7. The third-order valence-corrected chi connectivity index (χ3v) is 1.81. The topological polar surface area (TPSA) is 95.5 Å². The molecule has 0 aromatic heterocycles. The summed E-state index contributed by atoms with van der Waals surface area (Å²) in [6.45, 7) is 3.36. The maximum absolute atomic E-state index is 11.2. The van der Waals surface area contributed by atoms with E-state index in [1.165, 1.54) is 0 Å². The van der Waals surface area contributed by atoms with Gasteiger partial charge in [0, 0.05) is 12.5 Å². The quantitative estimate of drug-likeness (QED) is 0.568. The fourth-order valence-corrected chi connectivity index (χ4v) is 1.13. The Morgan fingerprint density at radius 3 is 2.38 bits per heavy atom. The van der Waals surface area contributed by atoms with Crippen molar-refractivity contribution in [3.05, 3.63) is 0 Å². The fourth-order valence-electron chi connectivity index (χ4n) is 1.13. The minimum absolute atomic E-state index is 0.108. The second-order valence-corrected chi connectivity index (χ2v) is 3.59. The average Bonchev–Trinajstić information content (AvgIpc) is 2.13. The second-order valence-electron chi connectivity index (χ2n) is 3.59. The van der Waals surface area contributed by atoms with Gasteiger partial charge >= 0.3 is 5.97 Å². The molecular formula is C10H18N2O4. The molecule has 0 saturated heterocycles. The number of hydrogen-bond donors (Lipinski definition) is 3. The molecule has 0 aliphatic carbocycles. The zero-order valence-electron chi connectivity index (χ0n) is 9.58. The second kappa shape index (κ2) is 7.67. The molecule has 0 fully saturated rings. The van der Waals surface area contributed by atoms with Crippen LogP contribution in [0.3, 0.4) is 0 Å². The van der Waals surface area contributed by atoms with Gasteiger partial charge in [-0.25, -0.2) is 0 Å².